The molecule has 5 nitrogen and oxygen atoms in total. The van der Waals surface area contributed by atoms with Gasteiger partial charge < -0.3 is 19.3 Å². The second kappa shape index (κ2) is 3.66. The number of aliphatic hydroxyl groups excluding tert-OH is 1. The highest BCUT2D eigenvalue weighted by Gasteiger charge is 2.63. The predicted octanol–water partition coefficient (Wildman–Crippen LogP) is 0.394. The van der Waals surface area contributed by atoms with Crippen LogP contribution in [-0.2, 0) is 19.0 Å². The summed E-state index contributed by atoms with van der Waals surface area (Å²) >= 11 is 0. The van der Waals surface area contributed by atoms with Gasteiger partial charge in [-0.1, -0.05) is 18.2 Å². The summed E-state index contributed by atoms with van der Waals surface area (Å²) in [5.41, 5.74) is -1.05. The van der Waals surface area contributed by atoms with Gasteiger partial charge in [-0.15, -0.1) is 0 Å². The summed E-state index contributed by atoms with van der Waals surface area (Å²) in [7, 11) is 2.91. The summed E-state index contributed by atoms with van der Waals surface area (Å²) in [4.78, 5) is 12.1. The third-order valence-corrected chi connectivity index (χ3v) is 4.32. The smallest absolute Gasteiger partial charge is 0.319 e. The molecular weight excluding hydrogens is 236 g/mol. The van der Waals surface area contributed by atoms with Gasteiger partial charge in [0.05, 0.1) is 19.3 Å². The molecule has 1 aliphatic heterocycles. The number of fused-ring (bicyclic) bond motifs is 1. The molecule has 0 aromatic heterocycles. The van der Waals surface area contributed by atoms with E-state index < -0.39 is 23.3 Å². The zero-order valence-electron chi connectivity index (χ0n) is 10.3. The van der Waals surface area contributed by atoms with Crippen LogP contribution in [0, 0.1) is 11.3 Å². The number of ether oxygens (including phenoxy) is 3. The van der Waals surface area contributed by atoms with Gasteiger partial charge in [-0.05, 0) is 6.08 Å². The first-order valence-electron chi connectivity index (χ1n) is 5.96. The number of carbonyl (C=O) groups is 1. The van der Waals surface area contributed by atoms with Crippen LogP contribution in [0.15, 0.2) is 24.3 Å². The third-order valence-electron chi connectivity index (χ3n) is 4.32. The van der Waals surface area contributed by atoms with Crippen molar-refractivity contribution in [1.82, 2.24) is 0 Å². The molecule has 0 aromatic rings. The van der Waals surface area contributed by atoms with Gasteiger partial charge in [0, 0.05) is 19.4 Å². The minimum absolute atomic E-state index is 0.158. The van der Waals surface area contributed by atoms with Crippen molar-refractivity contribution in [1.29, 1.82) is 0 Å². The summed E-state index contributed by atoms with van der Waals surface area (Å²) in [5, 5.41) is 10.2. The minimum atomic E-state index is -1.05. The van der Waals surface area contributed by atoms with Crippen molar-refractivity contribution in [2.75, 3.05) is 14.2 Å². The lowest BCUT2D eigenvalue weighted by molar-refractivity contribution is -0.168. The monoisotopic (exact) mass is 252 g/mol. The molecule has 1 heterocycles. The fourth-order valence-electron chi connectivity index (χ4n) is 3.30. The fourth-order valence-corrected chi connectivity index (χ4v) is 3.30. The zero-order chi connectivity index (χ0) is 13.0. The van der Waals surface area contributed by atoms with Gasteiger partial charge in [0.2, 0.25) is 0 Å². The quantitative estimate of drug-likeness (QED) is 0.569. The number of rotatable bonds is 2. The van der Waals surface area contributed by atoms with E-state index in [1.54, 1.807) is 31.4 Å². The SMILES string of the molecule is COC(=O)[C@@]12C=C[C@@]3(OC)C[C@@H]1[C@@H](C=C[C@@H]2O)O3. The molecule has 2 aliphatic carbocycles. The lowest BCUT2D eigenvalue weighted by atomic mass is 9.62. The molecule has 18 heavy (non-hydrogen) atoms. The molecule has 2 bridgehead atoms. The van der Waals surface area contributed by atoms with Gasteiger partial charge in [0.15, 0.2) is 5.79 Å². The van der Waals surface area contributed by atoms with Crippen LogP contribution < -0.4 is 0 Å². The fraction of sp³-hybridized carbons (Fsp3) is 0.615. The van der Waals surface area contributed by atoms with E-state index in [0.29, 0.717) is 6.42 Å². The first-order chi connectivity index (χ1) is 8.58. The highest BCUT2D eigenvalue weighted by Crippen LogP contribution is 2.55. The van der Waals surface area contributed by atoms with Crippen molar-refractivity contribution in [3.63, 3.8) is 0 Å². The van der Waals surface area contributed by atoms with E-state index in [1.807, 2.05) is 0 Å². The van der Waals surface area contributed by atoms with E-state index in [-0.39, 0.29) is 12.0 Å². The van der Waals surface area contributed by atoms with Crippen LogP contribution in [0.25, 0.3) is 0 Å². The lowest BCUT2D eigenvalue weighted by Crippen LogP contribution is -2.52. The van der Waals surface area contributed by atoms with E-state index >= 15 is 0 Å². The lowest BCUT2D eigenvalue weighted by Gasteiger charge is -2.42. The second-order valence-electron chi connectivity index (χ2n) is 5.00. The molecule has 0 unspecified atom stereocenters. The number of methoxy groups -OCH3 is 2. The second-order valence-corrected chi connectivity index (χ2v) is 5.00. The Hall–Kier alpha value is -1.17. The molecule has 1 fully saturated rings. The highest BCUT2D eigenvalue weighted by atomic mass is 16.7. The Bertz CT molecular complexity index is 443. The average Bonchev–Trinajstić information content (AvgIpc) is 2.74. The topological polar surface area (TPSA) is 65.0 Å². The van der Waals surface area contributed by atoms with E-state index in [1.165, 1.54) is 7.11 Å². The van der Waals surface area contributed by atoms with Crippen LogP contribution in [0.3, 0.4) is 0 Å². The molecule has 0 radical (unpaired) electrons. The summed E-state index contributed by atoms with van der Waals surface area (Å²) in [6.07, 6.45) is 6.22. The number of esters is 1. The molecule has 5 atom stereocenters. The van der Waals surface area contributed by atoms with Crippen molar-refractivity contribution in [2.24, 2.45) is 11.3 Å². The van der Waals surface area contributed by atoms with Crippen LogP contribution in [-0.4, -0.2) is 43.3 Å². The van der Waals surface area contributed by atoms with Crippen LogP contribution in [0.1, 0.15) is 6.42 Å². The van der Waals surface area contributed by atoms with Crippen molar-refractivity contribution >= 4 is 5.97 Å². The Labute approximate surface area is 105 Å². The largest absolute Gasteiger partial charge is 0.468 e. The predicted molar refractivity (Wildman–Crippen MR) is 61.5 cm³/mol. The van der Waals surface area contributed by atoms with E-state index in [2.05, 4.69) is 0 Å². The molecule has 0 spiro atoms. The number of hydrogen-bond donors (Lipinski definition) is 1. The highest BCUT2D eigenvalue weighted by molar-refractivity contribution is 5.82. The molecule has 3 aliphatic rings. The molecular formula is C13H16O5. The Morgan fingerprint density at radius 3 is 2.83 bits per heavy atom. The van der Waals surface area contributed by atoms with Crippen LogP contribution in [0.2, 0.25) is 0 Å². The summed E-state index contributed by atoms with van der Waals surface area (Å²) in [6.45, 7) is 0. The maximum Gasteiger partial charge on any atom is 0.319 e. The standard InChI is InChI=1S/C13H16O5/c1-16-11(15)13-6-5-12(17-2)7-8(13)9(18-12)3-4-10(13)14/h3-6,8-10,14H,7H2,1-2H3/t8-,9-,10+,12+,13+/m1/s1. The van der Waals surface area contributed by atoms with Gasteiger partial charge >= 0.3 is 5.97 Å². The van der Waals surface area contributed by atoms with E-state index in [0.717, 1.165) is 0 Å². The van der Waals surface area contributed by atoms with Crippen molar-refractivity contribution < 1.29 is 24.1 Å². The molecule has 0 amide bonds. The van der Waals surface area contributed by atoms with Crippen molar-refractivity contribution in [3.8, 4) is 0 Å². The van der Waals surface area contributed by atoms with Crippen LogP contribution in [0.4, 0.5) is 0 Å². The Balaban J connectivity index is 2.13. The van der Waals surface area contributed by atoms with Gasteiger partial charge in [-0.3, -0.25) is 4.79 Å². The third kappa shape index (κ3) is 1.24. The summed E-state index contributed by atoms with van der Waals surface area (Å²) < 4.78 is 16.1. The number of carbonyl (C=O) groups excluding carboxylic acids is 1. The molecule has 1 saturated heterocycles. The first kappa shape index (κ1) is 11.9. The van der Waals surface area contributed by atoms with E-state index in [9.17, 15) is 9.90 Å². The maximum atomic E-state index is 12.1. The summed E-state index contributed by atoms with van der Waals surface area (Å²) in [6, 6.07) is 0. The van der Waals surface area contributed by atoms with Crippen LogP contribution >= 0.6 is 0 Å². The zero-order valence-corrected chi connectivity index (χ0v) is 10.3. The Morgan fingerprint density at radius 2 is 2.17 bits per heavy atom. The average molecular weight is 252 g/mol. The first-order valence-corrected chi connectivity index (χ1v) is 5.96. The molecule has 5 heteroatoms. The number of hydrogen-bond acceptors (Lipinski definition) is 5. The van der Waals surface area contributed by atoms with Gasteiger partial charge in [-0.2, -0.15) is 0 Å². The molecule has 0 saturated carbocycles. The van der Waals surface area contributed by atoms with Crippen LogP contribution in [0.5, 0.6) is 0 Å². The Morgan fingerprint density at radius 1 is 1.39 bits per heavy atom. The maximum absolute atomic E-state index is 12.1. The van der Waals surface area contributed by atoms with Crippen molar-refractivity contribution in [2.45, 2.75) is 24.4 Å². The Kier molecular flexibility index (Phi) is 2.42. The molecule has 98 valence electrons. The normalized spacial score (nSPS) is 48.3. The van der Waals surface area contributed by atoms with E-state index in [4.69, 9.17) is 14.2 Å². The molecule has 3 rings (SSSR count). The van der Waals surface area contributed by atoms with Gasteiger partial charge in [-0.25, -0.2) is 0 Å². The molecule has 0 aromatic carbocycles. The minimum Gasteiger partial charge on any atom is -0.468 e. The summed E-state index contributed by atoms with van der Waals surface area (Å²) in [5.74, 6) is -1.36. The van der Waals surface area contributed by atoms with Gasteiger partial charge in [0.1, 0.15) is 5.41 Å². The van der Waals surface area contributed by atoms with Gasteiger partial charge in [0.25, 0.3) is 0 Å². The number of aliphatic hydroxyl groups is 1. The molecule has 1 N–H and O–H groups in total. The van der Waals surface area contributed by atoms with Crippen molar-refractivity contribution in [3.05, 3.63) is 24.3 Å².